The molecule has 3 aromatic rings. The highest BCUT2D eigenvalue weighted by Gasteiger charge is 2.03. The minimum atomic E-state index is 0.874. The largest absolute Gasteiger partial charge is 0.361 e. The van der Waals surface area contributed by atoms with Crippen molar-refractivity contribution in [3.63, 3.8) is 0 Å². The van der Waals surface area contributed by atoms with Gasteiger partial charge in [-0.3, -0.25) is 0 Å². The summed E-state index contributed by atoms with van der Waals surface area (Å²) in [5.74, 6) is 0. The Bertz CT molecular complexity index is 623. The summed E-state index contributed by atoms with van der Waals surface area (Å²) in [5.41, 5.74) is 2.29. The number of hydrogen-bond donors (Lipinski definition) is 1. The van der Waals surface area contributed by atoms with Crippen LogP contribution in [0.4, 0.5) is 5.13 Å². The molecule has 1 N–H and O–H groups in total. The topological polar surface area (TPSA) is 42.7 Å². The van der Waals surface area contributed by atoms with Crippen LogP contribution in [0.2, 0.25) is 0 Å². The maximum absolute atomic E-state index is 4.54. The summed E-state index contributed by atoms with van der Waals surface area (Å²) >= 11 is 1.69. The molecule has 18 heavy (non-hydrogen) atoms. The normalized spacial score (nSPS) is 10.9. The van der Waals surface area contributed by atoms with E-state index in [1.54, 1.807) is 11.3 Å². The number of benzene rings is 1. The second kappa shape index (κ2) is 4.78. The van der Waals surface area contributed by atoms with Crippen LogP contribution in [0.1, 0.15) is 5.69 Å². The van der Waals surface area contributed by atoms with Crippen molar-refractivity contribution in [2.24, 2.45) is 7.05 Å². The molecule has 92 valence electrons. The van der Waals surface area contributed by atoms with Gasteiger partial charge in [0.15, 0.2) is 5.13 Å². The van der Waals surface area contributed by atoms with Crippen molar-refractivity contribution in [2.75, 3.05) is 11.9 Å². The van der Waals surface area contributed by atoms with Gasteiger partial charge >= 0.3 is 0 Å². The molecule has 0 spiro atoms. The van der Waals surface area contributed by atoms with Crippen LogP contribution in [-0.2, 0) is 13.5 Å². The standard InChI is InChI=1S/C13H14N4S/c1-17-9-14-8-10(17)6-7-15-13-16-11-4-2-3-5-12(11)18-13/h2-5,8-9H,6-7H2,1H3,(H,15,16). The van der Waals surface area contributed by atoms with Crippen molar-refractivity contribution in [2.45, 2.75) is 6.42 Å². The van der Waals surface area contributed by atoms with E-state index >= 15 is 0 Å². The smallest absolute Gasteiger partial charge is 0.183 e. The second-order valence-corrected chi connectivity index (χ2v) is 5.19. The highest BCUT2D eigenvalue weighted by molar-refractivity contribution is 7.22. The van der Waals surface area contributed by atoms with Crippen LogP contribution in [-0.4, -0.2) is 21.1 Å². The second-order valence-electron chi connectivity index (χ2n) is 4.16. The Hall–Kier alpha value is -1.88. The van der Waals surface area contributed by atoms with E-state index in [2.05, 4.69) is 21.4 Å². The van der Waals surface area contributed by atoms with Gasteiger partial charge in [-0.25, -0.2) is 9.97 Å². The number of aromatic nitrogens is 3. The Balaban J connectivity index is 1.65. The predicted molar refractivity (Wildman–Crippen MR) is 75.0 cm³/mol. The Morgan fingerprint density at radius 3 is 3.00 bits per heavy atom. The predicted octanol–water partition coefficient (Wildman–Crippen LogP) is 2.68. The van der Waals surface area contributed by atoms with Gasteiger partial charge in [-0.05, 0) is 12.1 Å². The molecule has 2 aromatic heterocycles. The fourth-order valence-corrected chi connectivity index (χ4v) is 2.76. The van der Waals surface area contributed by atoms with Crippen molar-refractivity contribution in [3.05, 3.63) is 42.5 Å². The molecule has 2 heterocycles. The van der Waals surface area contributed by atoms with Crippen LogP contribution < -0.4 is 5.32 Å². The highest BCUT2D eigenvalue weighted by atomic mass is 32.1. The van der Waals surface area contributed by atoms with Crippen molar-refractivity contribution >= 4 is 26.7 Å². The first kappa shape index (κ1) is 11.2. The summed E-state index contributed by atoms with van der Waals surface area (Å²) in [6.07, 6.45) is 4.68. The third-order valence-corrected chi connectivity index (χ3v) is 3.86. The van der Waals surface area contributed by atoms with Gasteiger partial charge in [-0.1, -0.05) is 23.5 Å². The van der Waals surface area contributed by atoms with Crippen molar-refractivity contribution < 1.29 is 0 Å². The molecule has 0 aliphatic heterocycles. The van der Waals surface area contributed by atoms with Gasteiger partial charge in [0, 0.05) is 31.9 Å². The summed E-state index contributed by atoms with van der Waals surface area (Å²) in [6, 6.07) is 8.19. The van der Waals surface area contributed by atoms with Gasteiger partial charge in [0.1, 0.15) is 0 Å². The lowest BCUT2D eigenvalue weighted by atomic mass is 10.3. The quantitative estimate of drug-likeness (QED) is 0.782. The molecule has 0 saturated carbocycles. The third kappa shape index (κ3) is 2.22. The van der Waals surface area contributed by atoms with Gasteiger partial charge < -0.3 is 9.88 Å². The number of rotatable bonds is 4. The summed E-state index contributed by atoms with van der Waals surface area (Å²) < 4.78 is 3.26. The molecular weight excluding hydrogens is 244 g/mol. The number of nitrogens with one attached hydrogen (secondary N) is 1. The highest BCUT2D eigenvalue weighted by Crippen LogP contribution is 2.25. The molecule has 5 heteroatoms. The first-order valence-corrected chi connectivity index (χ1v) is 6.69. The summed E-state index contributed by atoms with van der Waals surface area (Å²) in [6.45, 7) is 0.874. The number of imidazole rings is 1. The number of thiazole rings is 1. The summed E-state index contributed by atoms with van der Waals surface area (Å²) in [5, 5.41) is 4.35. The number of para-hydroxylation sites is 1. The zero-order valence-corrected chi connectivity index (χ0v) is 10.9. The van der Waals surface area contributed by atoms with Gasteiger partial charge in [-0.2, -0.15) is 0 Å². The number of anilines is 1. The van der Waals surface area contributed by atoms with Crippen molar-refractivity contribution in [1.82, 2.24) is 14.5 Å². The minimum Gasteiger partial charge on any atom is -0.361 e. The molecule has 0 saturated heterocycles. The van der Waals surface area contributed by atoms with Crippen molar-refractivity contribution in [1.29, 1.82) is 0 Å². The molecule has 1 aromatic carbocycles. The first-order chi connectivity index (χ1) is 8.83. The Kier molecular flexibility index (Phi) is 2.98. The monoisotopic (exact) mass is 258 g/mol. The van der Waals surface area contributed by atoms with Crippen LogP contribution >= 0.6 is 11.3 Å². The van der Waals surface area contributed by atoms with Gasteiger partial charge in [0.05, 0.1) is 16.5 Å². The fraction of sp³-hybridized carbons (Fsp3) is 0.231. The Morgan fingerprint density at radius 1 is 1.33 bits per heavy atom. The van der Waals surface area contributed by atoms with E-state index in [9.17, 15) is 0 Å². The Labute approximate surface area is 109 Å². The van der Waals surface area contributed by atoms with Crippen LogP contribution in [0.25, 0.3) is 10.2 Å². The first-order valence-electron chi connectivity index (χ1n) is 5.87. The van der Waals surface area contributed by atoms with E-state index in [0.717, 1.165) is 23.6 Å². The molecule has 0 aliphatic carbocycles. The lowest BCUT2D eigenvalue weighted by Gasteiger charge is -2.02. The summed E-state index contributed by atoms with van der Waals surface area (Å²) in [7, 11) is 2.01. The van der Waals surface area contributed by atoms with Crippen LogP contribution in [0, 0.1) is 0 Å². The maximum Gasteiger partial charge on any atom is 0.183 e. The van der Waals surface area contributed by atoms with E-state index in [1.165, 1.54) is 10.4 Å². The molecule has 4 nitrogen and oxygen atoms in total. The molecule has 0 amide bonds. The minimum absolute atomic E-state index is 0.874. The van der Waals surface area contributed by atoms with E-state index in [1.807, 2.05) is 42.3 Å². The fourth-order valence-electron chi connectivity index (χ4n) is 1.87. The third-order valence-electron chi connectivity index (χ3n) is 2.87. The zero-order valence-electron chi connectivity index (χ0n) is 10.1. The molecule has 0 unspecified atom stereocenters. The molecule has 3 rings (SSSR count). The van der Waals surface area contributed by atoms with E-state index in [0.29, 0.717) is 0 Å². The average Bonchev–Trinajstić information content (AvgIpc) is 2.96. The molecule has 0 radical (unpaired) electrons. The van der Waals surface area contributed by atoms with Crippen LogP contribution in [0.3, 0.4) is 0 Å². The number of nitrogens with zero attached hydrogens (tertiary/aromatic N) is 3. The lowest BCUT2D eigenvalue weighted by molar-refractivity contribution is 0.816. The van der Waals surface area contributed by atoms with Gasteiger partial charge in [0.25, 0.3) is 0 Å². The molecule has 0 atom stereocenters. The van der Waals surface area contributed by atoms with Crippen LogP contribution in [0.5, 0.6) is 0 Å². The van der Waals surface area contributed by atoms with Gasteiger partial charge in [0.2, 0.25) is 0 Å². The molecule has 0 fully saturated rings. The molecule has 0 aliphatic rings. The van der Waals surface area contributed by atoms with Crippen molar-refractivity contribution in [3.8, 4) is 0 Å². The summed E-state index contributed by atoms with van der Waals surface area (Å²) in [4.78, 5) is 8.64. The number of hydrogen-bond acceptors (Lipinski definition) is 4. The van der Waals surface area contributed by atoms with Crippen LogP contribution in [0.15, 0.2) is 36.8 Å². The number of aryl methyl sites for hydroxylation is 1. The molecule has 0 bridgehead atoms. The van der Waals surface area contributed by atoms with E-state index in [4.69, 9.17) is 0 Å². The average molecular weight is 258 g/mol. The zero-order chi connectivity index (χ0) is 12.4. The van der Waals surface area contributed by atoms with E-state index < -0.39 is 0 Å². The maximum atomic E-state index is 4.54. The van der Waals surface area contributed by atoms with E-state index in [-0.39, 0.29) is 0 Å². The lowest BCUT2D eigenvalue weighted by Crippen LogP contribution is -2.07. The van der Waals surface area contributed by atoms with Gasteiger partial charge in [-0.15, -0.1) is 0 Å². The number of fused-ring (bicyclic) bond motifs is 1. The Morgan fingerprint density at radius 2 is 2.22 bits per heavy atom. The molecular formula is C13H14N4S. The SMILES string of the molecule is Cn1cncc1CCNc1nc2ccccc2s1.